The number of nitrogens with zero attached hydrogens (tertiary/aromatic N) is 3. The van der Waals surface area contributed by atoms with Gasteiger partial charge in [0.15, 0.2) is 5.69 Å². The number of alkyl halides is 3. The van der Waals surface area contributed by atoms with Crippen LogP contribution in [0.1, 0.15) is 11.3 Å². The zero-order valence-electron chi connectivity index (χ0n) is 17.0. The predicted octanol–water partition coefficient (Wildman–Crippen LogP) is 4.72. The predicted molar refractivity (Wildman–Crippen MR) is 113 cm³/mol. The Kier molecular flexibility index (Phi) is 5.54. The highest BCUT2D eigenvalue weighted by Gasteiger charge is 2.35. The van der Waals surface area contributed by atoms with Crippen LogP contribution in [0.15, 0.2) is 71.8 Å². The Labute approximate surface area is 186 Å². The fourth-order valence-corrected chi connectivity index (χ4v) is 3.86. The van der Waals surface area contributed by atoms with E-state index in [-0.39, 0.29) is 16.3 Å². The van der Waals surface area contributed by atoms with E-state index in [9.17, 15) is 26.0 Å². The number of hydrogen-bond donors (Lipinski definition) is 1. The first-order valence-electron chi connectivity index (χ1n) is 9.47. The summed E-state index contributed by atoms with van der Waals surface area (Å²) in [6.45, 7) is 1.72. The number of halogens is 4. The van der Waals surface area contributed by atoms with Crippen LogP contribution < -0.4 is 5.14 Å². The molecule has 0 radical (unpaired) electrons. The third-order valence-electron chi connectivity index (χ3n) is 4.98. The summed E-state index contributed by atoms with van der Waals surface area (Å²) in [7, 11) is -3.97. The van der Waals surface area contributed by atoms with Crippen molar-refractivity contribution < 1.29 is 26.0 Å². The van der Waals surface area contributed by atoms with Crippen LogP contribution in [0.5, 0.6) is 0 Å². The third kappa shape index (κ3) is 4.64. The maximum Gasteiger partial charge on any atom is 0.435 e. The average Bonchev–Trinajstić information content (AvgIpc) is 3.19. The molecule has 2 aromatic carbocycles. The molecule has 0 aliphatic heterocycles. The van der Waals surface area contributed by atoms with Gasteiger partial charge in [-0.25, -0.2) is 23.2 Å². The van der Waals surface area contributed by atoms with E-state index in [0.29, 0.717) is 22.3 Å². The lowest BCUT2D eigenvalue weighted by molar-refractivity contribution is -0.141. The Bertz CT molecular complexity index is 1450. The molecule has 0 unspecified atom stereocenters. The van der Waals surface area contributed by atoms with E-state index in [2.05, 4.69) is 10.1 Å². The quantitative estimate of drug-likeness (QED) is 0.341. The largest absolute Gasteiger partial charge is 0.435 e. The molecule has 33 heavy (non-hydrogen) atoms. The SMILES string of the molecule is Cc1ccc(-c2ccnc(F)c2)cc1-c1cc(C(F)(F)F)nn1-c1ccc(S(N)(=O)=O)cc1. The first kappa shape index (κ1) is 22.6. The van der Waals surface area contributed by atoms with Crippen molar-refractivity contribution >= 4 is 10.0 Å². The third-order valence-corrected chi connectivity index (χ3v) is 5.91. The van der Waals surface area contributed by atoms with Gasteiger partial charge in [-0.3, -0.25) is 0 Å². The van der Waals surface area contributed by atoms with Gasteiger partial charge in [0.25, 0.3) is 0 Å². The van der Waals surface area contributed by atoms with Gasteiger partial charge in [-0.05, 0) is 66.1 Å². The molecule has 0 spiro atoms. The van der Waals surface area contributed by atoms with E-state index < -0.39 is 27.8 Å². The first-order chi connectivity index (χ1) is 15.4. The smallest absolute Gasteiger partial charge is 0.232 e. The summed E-state index contributed by atoms with van der Waals surface area (Å²) < 4.78 is 78.2. The van der Waals surface area contributed by atoms with Crippen molar-refractivity contribution in [2.24, 2.45) is 5.14 Å². The summed E-state index contributed by atoms with van der Waals surface area (Å²) in [6.07, 6.45) is -3.41. The molecule has 4 aromatic rings. The number of pyridine rings is 1. The summed E-state index contributed by atoms with van der Waals surface area (Å²) in [5.74, 6) is -0.686. The molecule has 4 rings (SSSR count). The summed E-state index contributed by atoms with van der Waals surface area (Å²) in [5, 5.41) is 8.82. The Hall–Kier alpha value is -3.57. The summed E-state index contributed by atoms with van der Waals surface area (Å²) in [5.41, 5.74) is 1.37. The number of primary sulfonamides is 1. The minimum absolute atomic E-state index is 0.125. The van der Waals surface area contributed by atoms with Crippen molar-refractivity contribution in [2.75, 3.05) is 0 Å². The van der Waals surface area contributed by atoms with Crippen LogP contribution in [-0.2, 0) is 16.2 Å². The van der Waals surface area contributed by atoms with E-state index >= 15 is 0 Å². The van der Waals surface area contributed by atoms with Gasteiger partial charge in [0.1, 0.15) is 0 Å². The number of rotatable bonds is 4. The Morgan fingerprint density at radius 2 is 1.61 bits per heavy atom. The normalized spacial score (nSPS) is 12.2. The molecule has 0 bridgehead atoms. The maximum atomic E-state index is 13.6. The van der Waals surface area contributed by atoms with Crippen molar-refractivity contribution in [3.63, 3.8) is 0 Å². The summed E-state index contributed by atoms with van der Waals surface area (Å²) in [6, 6.07) is 13.8. The fourth-order valence-electron chi connectivity index (χ4n) is 3.34. The van der Waals surface area contributed by atoms with Crippen LogP contribution in [0, 0.1) is 12.9 Å². The number of aryl methyl sites for hydroxylation is 1. The molecule has 2 N–H and O–H groups in total. The number of hydrogen-bond acceptors (Lipinski definition) is 4. The molecule has 11 heteroatoms. The van der Waals surface area contributed by atoms with E-state index in [1.54, 1.807) is 31.2 Å². The van der Waals surface area contributed by atoms with Crippen LogP contribution in [0.25, 0.3) is 28.1 Å². The van der Waals surface area contributed by atoms with E-state index in [4.69, 9.17) is 5.14 Å². The molecule has 0 saturated heterocycles. The minimum atomic E-state index is -4.71. The molecule has 0 aliphatic rings. The van der Waals surface area contributed by atoms with Gasteiger partial charge in [0.2, 0.25) is 16.0 Å². The average molecular weight is 476 g/mol. The molecule has 0 atom stereocenters. The molecule has 2 heterocycles. The summed E-state index contributed by atoms with van der Waals surface area (Å²) >= 11 is 0. The van der Waals surface area contributed by atoms with Gasteiger partial charge in [0, 0.05) is 17.8 Å². The molecular weight excluding hydrogens is 460 g/mol. The zero-order chi connectivity index (χ0) is 24.0. The second-order valence-corrected chi connectivity index (χ2v) is 8.82. The lowest BCUT2D eigenvalue weighted by Gasteiger charge is -2.12. The van der Waals surface area contributed by atoms with E-state index in [1.165, 1.54) is 36.5 Å². The molecular formula is C22H16F4N4O2S. The highest BCUT2D eigenvalue weighted by atomic mass is 32.2. The van der Waals surface area contributed by atoms with Crippen LogP contribution in [0.3, 0.4) is 0 Å². The highest BCUT2D eigenvalue weighted by Crippen LogP contribution is 2.36. The van der Waals surface area contributed by atoms with Crippen LogP contribution in [0.2, 0.25) is 0 Å². The van der Waals surface area contributed by atoms with Gasteiger partial charge in [-0.15, -0.1) is 0 Å². The van der Waals surface area contributed by atoms with Crippen molar-refractivity contribution in [3.05, 3.63) is 84.1 Å². The summed E-state index contributed by atoms with van der Waals surface area (Å²) in [4.78, 5) is 3.33. The van der Waals surface area contributed by atoms with Crippen LogP contribution in [-0.4, -0.2) is 23.2 Å². The van der Waals surface area contributed by atoms with Crippen LogP contribution in [0.4, 0.5) is 17.6 Å². The van der Waals surface area contributed by atoms with E-state index in [1.807, 2.05) is 0 Å². The monoisotopic (exact) mass is 476 g/mol. The Morgan fingerprint density at radius 1 is 0.939 bits per heavy atom. The number of sulfonamides is 1. The lowest BCUT2D eigenvalue weighted by Crippen LogP contribution is -2.12. The maximum absolute atomic E-state index is 13.6. The van der Waals surface area contributed by atoms with Gasteiger partial charge in [-0.1, -0.05) is 12.1 Å². The van der Waals surface area contributed by atoms with Crippen molar-refractivity contribution in [3.8, 4) is 28.1 Å². The fraction of sp³-hybridized carbons (Fsp3) is 0.0909. The number of nitrogens with two attached hydrogens (primary N) is 1. The molecule has 0 saturated carbocycles. The zero-order valence-corrected chi connectivity index (χ0v) is 17.8. The van der Waals surface area contributed by atoms with Gasteiger partial charge in [-0.2, -0.15) is 22.7 Å². The van der Waals surface area contributed by atoms with E-state index in [0.717, 1.165) is 10.7 Å². The number of benzene rings is 2. The first-order valence-corrected chi connectivity index (χ1v) is 11.0. The van der Waals surface area contributed by atoms with Crippen LogP contribution >= 0.6 is 0 Å². The topological polar surface area (TPSA) is 90.9 Å². The minimum Gasteiger partial charge on any atom is -0.232 e. The molecule has 2 aromatic heterocycles. The second kappa shape index (κ2) is 8.09. The Balaban J connectivity index is 1.91. The molecule has 0 fully saturated rings. The number of aromatic nitrogens is 3. The van der Waals surface area contributed by atoms with Crippen molar-refractivity contribution in [1.29, 1.82) is 0 Å². The molecule has 0 amide bonds. The highest BCUT2D eigenvalue weighted by molar-refractivity contribution is 7.89. The van der Waals surface area contributed by atoms with Crippen molar-refractivity contribution in [1.82, 2.24) is 14.8 Å². The molecule has 170 valence electrons. The second-order valence-electron chi connectivity index (χ2n) is 7.26. The molecule has 6 nitrogen and oxygen atoms in total. The van der Waals surface area contributed by atoms with Gasteiger partial charge >= 0.3 is 6.18 Å². The lowest BCUT2D eigenvalue weighted by atomic mass is 9.98. The Morgan fingerprint density at radius 3 is 2.21 bits per heavy atom. The van der Waals surface area contributed by atoms with Crippen molar-refractivity contribution in [2.45, 2.75) is 18.0 Å². The molecule has 0 aliphatic carbocycles. The van der Waals surface area contributed by atoms with Gasteiger partial charge in [0.05, 0.1) is 16.3 Å². The standard InChI is InChI=1S/C22H16F4N4O2S/c1-13-2-3-14(15-8-9-28-21(23)11-15)10-18(13)19-12-20(22(24,25)26)29-30(19)16-4-6-17(7-5-16)33(27,31)32/h2-12H,1H3,(H2,27,31,32). The van der Waals surface area contributed by atoms with Gasteiger partial charge < -0.3 is 0 Å².